The monoisotopic (exact) mass is 268 g/mol. The number of halogens is 1. The van der Waals surface area contributed by atoms with Crippen LogP contribution in [0.4, 0.5) is 0 Å². The number of rotatable bonds is 4. The summed E-state index contributed by atoms with van der Waals surface area (Å²) in [6.07, 6.45) is 4.90. The highest BCUT2D eigenvalue weighted by Crippen LogP contribution is 2.19. The Kier molecular flexibility index (Phi) is 4.56. The molecule has 0 heterocycles. The van der Waals surface area contributed by atoms with E-state index in [9.17, 15) is 9.90 Å². The standard InChI is InChI=1S/C12H13BrO2/c1-9(14)11-8-10(4-2-3-7-13)5-6-12(11)15/h2,4-6,8,15H,3,7H2,1H3. The maximum absolute atomic E-state index is 11.2. The Morgan fingerprint density at radius 2 is 2.27 bits per heavy atom. The molecule has 0 fully saturated rings. The second-order valence-corrected chi connectivity index (χ2v) is 4.01. The molecule has 0 aromatic heterocycles. The molecule has 0 amide bonds. The predicted molar refractivity (Wildman–Crippen MR) is 65.6 cm³/mol. The maximum Gasteiger partial charge on any atom is 0.163 e. The summed E-state index contributed by atoms with van der Waals surface area (Å²) < 4.78 is 0. The van der Waals surface area contributed by atoms with E-state index in [-0.39, 0.29) is 11.5 Å². The van der Waals surface area contributed by atoms with Gasteiger partial charge in [-0.25, -0.2) is 0 Å². The van der Waals surface area contributed by atoms with Crippen LogP contribution >= 0.6 is 15.9 Å². The minimum atomic E-state index is -0.122. The Morgan fingerprint density at radius 3 is 2.87 bits per heavy atom. The Hall–Kier alpha value is -1.09. The third-order valence-electron chi connectivity index (χ3n) is 1.99. The predicted octanol–water partition coefficient (Wildman–Crippen LogP) is 3.39. The third kappa shape index (κ3) is 3.51. The molecule has 80 valence electrons. The van der Waals surface area contributed by atoms with Crippen molar-refractivity contribution >= 4 is 27.8 Å². The van der Waals surface area contributed by atoms with E-state index in [1.807, 2.05) is 12.2 Å². The van der Waals surface area contributed by atoms with Crippen molar-refractivity contribution in [3.8, 4) is 5.75 Å². The first-order chi connectivity index (χ1) is 7.15. The van der Waals surface area contributed by atoms with Gasteiger partial charge in [0.25, 0.3) is 0 Å². The van der Waals surface area contributed by atoms with E-state index in [1.165, 1.54) is 6.92 Å². The Balaban J connectivity index is 2.92. The molecular formula is C12H13BrO2. The van der Waals surface area contributed by atoms with Gasteiger partial charge in [0.1, 0.15) is 5.75 Å². The number of hydrogen-bond donors (Lipinski definition) is 1. The van der Waals surface area contributed by atoms with Crippen LogP contribution in [0.3, 0.4) is 0 Å². The van der Waals surface area contributed by atoms with Crippen LogP contribution in [0.5, 0.6) is 5.75 Å². The van der Waals surface area contributed by atoms with Crippen molar-refractivity contribution < 1.29 is 9.90 Å². The lowest BCUT2D eigenvalue weighted by Crippen LogP contribution is -1.92. The molecule has 0 atom stereocenters. The molecule has 0 aliphatic rings. The minimum absolute atomic E-state index is 0.0418. The number of phenolic OH excluding ortho intramolecular Hbond substituents is 1. The van der Waals surface area contributed by atoms with Gasteiger partial charge in [-0.2, -0.15) is 0 Å². The molecule has 1 rings (SSSR count). The summed E-state index contributed by atoms with van der Waals surface area (Å²) in [5.41, 5.74) is 1.30. The third-order valence-corrected chi connectivity index (χ3v) is 2.44. The molecule has 0 bridgehead atoms. The molecule has 3 heteroatoms. The zero-order chi connectivity index (χ0) is 11.3. The zero-order valence-corrected chi connectivity index (χ0v) is 10.1. The summed E-state index contributed by atoms with van der Waals surface area (Å²) in [6.45, 7) is 1.45. The molecule has 0 saturated carbocycles. The summed E-state index contributed by atoms with van der Waals surface area (Å²) in [4.78, 5) is 11.2. The van der Waals surface area contributed by atoms with Crippen LogP contribution in [0, 0.1) is 0 Å². The molecule has 0 radical (unpaired) electrons. The SMILES string of the molecule is CC(=O)c1cc(C=CCCBr)ccc1O. The van der Waals surface area contributed by atoms with Crippen LogP contribution in [0.2, 0.25) is 0 Å². The smallest absolute Gasteiger partial charge is 0.163 e. The molecule has 0 aliphatic carbocycles. The highest BCUT2D eigenvalue weighted by atomic mass is 79.9. The first-order valence-corrected chi connectivity index (χ1v) is 5.83. The van der Waals surface area contributed by atoms with E-state index in [0.29, 0.717) is 5.56 Å². The van der Waals surface area contributed by atoms with E-state index in [1.54, 1.807) is 18.2 Å². The van der Waals surface area contributed by atoms with Crippen molar-refractivity contribution in [3.63, 3.8) is 0 Å². The molecule has 0 saturated heterocycles. The van der Waals surface area contributed by atoms with Gasteiger partial charge < -0.3 is 5.11 Å². The van der Waals surface area contributed by atoms with Crippen molar-refractivity contribution in [2.24, 2.45) is 0 Å². The van der Waals surface area contributed by atoms with E-state index in [2.05, 4.69) is 15.9 Å². The van der Waals surface area contributed by atoms with Gasteiger partial charge in [0.15, 0.2) is 5.78 Å². The summed E-state index contributed by atoms with van der Waals surface area (Å²) in [5, 5.41) is 10.3. The number of hydrogen-bond acceptors (Lipinski definition) is 2. The van der Waals surface area contributed by atoms with Crippen LogP contribution in [-0.4, -0.2) is 16.2 Å². The van der Waals surface area contributed by atoms with E-state index >= 15 is 0 Å². The van der Waals surface area contributed by atoms with Crippen molar-refractivity contribution in [3.05, 3.63) is 35.4 Å². The molecule has 0 spiro atoms. The molecule has 15 heavy (non-hydrogen) atoms. The zero-order valence-electron chi connectivity index (χ0n) is 8.53. The first kappa shape index (κ1) is 12.0. The van der Waals surface area contributed by atoms with Crippen molar-refractivity contribution in [2.45, 2.75) is 13.3 Å². The van der Waals surface area contributed by atoms with Gasteiger partial charge in [0.2, 0.25) is 0 Å². The fraction of sp³-hybridized carbons (Fsp3) is 0.250. The lowest BCUT2D eigenvalue weighted by Gasteiger charge is -2.01. The second-order valence-electron chi connectivity index (χ2n) is 3.21. The number of benzene rings is 1. The van der Waals surface area contributed by atoms with Gasteiger partial charge in [-0.05, 0) is 31.0 Å². The Morgan fingerprint density at radius 1 is 1.53 bits per heavy atom. The topological polar surface area (TPSA) is 37.3 Å². The molecule has 1 aromatic carbocycles. The number of allylic oxidation sites excluding steroid dienone is 1. The quantitative estimate of drug-likeness (QED) is 0.672. The van der Waals surface area contributed by atoms with Crippen LogP contribution in [0.25, 0.3) is 6.08 Å². The number of carbonyl (C=O) groups is 1. The van der Waals surface area contributed by atoms with Gasteiger partial charge in [-0.1, -0.05) is 34.1 Å². The number of aromatic hydroxyl groups is 1. The number of phenols is 1. The van der Waals surface area contributed by atoms with Gasteiger partial charge in [-0.3, -0.25) is 4.79 Å². The minimum Gasteiger partial charge on any atom is -0.507 e. The largest absolute Gasteiger partial charge is 0.507 e. The first-order valence-electron chi connectivity index (χ1n) is 4.71. The molecule has 1 aromatic rings. The lowest BCUT2D eigenvalue weighted by molar-refractivity contribution is 0.101. The van der Waals surface area contributed by atoms with Crippen molar-refractivity contribution in [2.75, 3.05) is 5.33 Å². The van der Waals surface area contributed by atoms with E-state index in [0.717, 1.165) is 17.3 Å². The number of ketones is 1. The van der Waals surface area contributed by atoms with Gasteiger partial charge >= 0.3 is 0 Å². The maximum atomic E-state index is 11.2. The summed E-state index contributed by atoms with van der Waals surface area (Å²) in [7, 11) is 0. The Labute approximate surface area is 97.8 Å². The van der Waals surface area contributed by atoms with Gasteiger partial charge in [0.05, 0.1) is 5.56 Å². The summed E-state index contributed by atoms with van der Waals surface area (Å²) >= 11 is 3.33. The van der Waals surface area contributed by atoms with Crippen molar-refractivity contribution in [1.82, 2.24) is 0 Å². The molecule has 0 aliphatic heterocycles. The molecule has 1 N–H and O–H groups in total. The summed E-state index contributed by atoms with van der Waals surface area (Å²) in [5.74, 6) is -0.0802. The van der Waals surface area contributed by atoms with Crippen LogP contribution in [0.1, 0.15) is 29.3 Å². The number of alkyl halides is 1. The van der Waals surface area contributed by atoms with Crippen LogP contribution in [-0.2, 0) is 0 Å². The van der Waals surface area contributed by atoms with E-state index in [4.69, 9.17) is 0 Å². The normalized spacial score (nSPS) is 10.8. The fourth-order valence-electron chi connectivity index (χ4n) is 1.22. The number of Topliss-reactive ketones (excluding diaryl/α,β-unsaturated/α-hetero) is 1. The van der Waals surface area contributed by atoms with E-state index < -0.39 is 0 Å². The average molecular weight is 269 g/mol. The highest BCUT2D eigenvalue weighted by Gasteiger charge is 2.05. The molecular weight excluding hydrogens is 256 g/mol. The van der Waals surface area contributed by atoms with Crippen molar-refractivity contribution in [1.29, 1.82) is 0 Å². The fourth-order valence-corrected chi connectivity index (χ4v) is 1.49. The highest BCUT2D eigenvalue weighted by molar-refractivity contribution is 9.09. The average Bonchev–Trinajstić information content (AvgIpc) is 2.20. The van der Waals surface area contributed by atoms with Crippen LogP contribution < -0.4 is 0 Å². The molecule has 0 unspecified atom stereocenters. The van der Waals surface area contributed by atoms with Gasteiger partial charge in [0, 0.05) is 5.33 Å². The van der Waals surface area contributed by atoms with Gasteiger partial charge in [-0.15, -0.1) is 0 Å². The molecule has 2 nitrogen and oxygen atoms in total. The van der Waals surface area contributed by atoms with Crippen LogP contribution in [0.15, 0.2) is 24.3 Å². The lowest BCUT2D eigenvalue weighted by atomic mass is 10.1. The number of carbonyl (C=O) groups excluding carboxylic acids is 1. The summed E-state index contributed by atoms with van der Waals surface area (Å²) in [6, 6.07) is 5.03. The Bertz CT molecular complexity index is 383. The second kappa shape index (κ2) is 5.71.